The van der Waals surface area contributed by atoms with Crippen LogP contribution in [0.25, 0.3) is 0 Å². The third kappa shape index (κ3) is 21.1. The molecule has 0 aliphatic rings. The van der Waals surface area contributed by atoms with Gasteiger partial charge >= 0.3 is 5.97 Å². The summed E-state index contributed by atoms with van der Waals surface area (Å²) >= 11 is 0. The second kappa shape index (κ2) is 22.9. The van der Waals surface area contributed by atoms with Gasteiger partial charge in [-0.25, -0.2) is 0 Å². The summed E-state index contributed by atoms with van der Waals surface area (Å²) in [5.74, 6) is -0.447. The van der Waals surface area contributed by atoms with Crippen molar-refractivity contribution >= 4 is 18.5 Å². The van der Waals surface area contributed by atoms with E-state index in [0.717, 1.165) is 12.6 Å². The predicted octanol–water partition coefficient (Wildman–Crippen LogP) is -0.211. The molecule has 0 spiro atoms. The van der Waals surface area contributed by atoms with Crippen molar-refractivity contribution in [1.82, 2.24) is 0 Å². The molecule has 0 aromatic rings. The molecule has 0 atom stereocenters. The summed E-state index contributed by atoms with van der Waals surface area (Å²) < 4.78 is 31.5. The molecular formula is C19H34O10. The van der Waals surface area contributed by atoms with Gasteiger partial charge in [-0.3, -0.25) is 4.79 Å². The average molecular weight is 422 g/mol. The number of esters is 1. The number of ether oxygens (including phenoxy) is 6. The van der Waals surface area contributed by atoms with Gasteiger partial charge in [0.2, 0.25) is 0 Å². The Labute approximate surface area is 171 Å². The maximum absolute atomic E-state index is 11.6. The molecule has 10 nitrogen and oxygen atoms in total. The molecule has 0 aliphatic heterocycles. The van der Waals surface area contributed by atoms with Crippen LogP contribution in [0.2, 0.25) is 0 Å². The van der Waals surface area contributed by atoms with Gasteiger partial charge in [-0.15, -0.1) is 0 Å². The SMILES string of the molecule is O=CCCOCC(COCCC=O)COCCC(=O)OCCOCCOCCO. The lowest BCUT2D eigenvalue weighted by Gasteiger charge is -2.17. The van der Waals surface area contributed by atoms with Gasteiger partial charge in [0.15, 0.2) is 0 Å². The zero-order valence-electron chi connectivity index (χ0n) is 17.0. The van der Waals surface area contributed by atoms with Gasteiger partial charge in [-0.1, -0.05) is 0 Å². The van der Waals surface area contributed by atoms with Crippen LogP contribution in [-0.4, -0.2) is 103 Å². The molecule has 0 rings (SSSR count). The summed E-state index contributed by atoms with van der Waals surface area (Å²) in [6, 6.07) is 0. The van der Waals surface area contributed by atoms with E-state index in [2.05, 4.69) is 0 Å². The van der Waals surface area contributed by atoms with Gasteiger partial charge in [-0.05, 0) is 0 Å². The summed E-state index contributed by atoms with van der Waals surface area (Å²) in [5, 5.41) is 8.53. The van der Waals surface area contributed by atoms with Crippen molar-refractivity contribution in [3.05, 3.63) is 0 Å². The van der Waals surface area contributed by atoms with Gasteiger partial charge in [0.1, 0.15) is 19.2 Å². The van der Waals surface area contributed by atoms with Crippen LogP contribution in [0.1, 0.15) is 19.3 Å². The number of hydrogen-bond donors (Lipinski definition) is 1. The Morgan fingerprint density at radius 1 is 0.690 bits per heavy atom. The predicted molar refractivity (Wildman–Crippen MR) is 102 cm³/mol. The van der Waals surface area contributed by atoms with E-state index in [0.29, 0.717) is 59.1 Å². The largest absolute Gasteiger partial charge is 0.463 e. The summed E-state index contributed by atoms with van der Waals surface area (Å²) in [6.07, 6.45) is 2.33. The number of rotatable bonds is 23. The molecule has 0 saturated heterocycles. The van der Waals surface area contributed by atoms with Crippen molar-refractivity contribution in [3.8, 4) is 0 Å². The van der Waals surface area contributed by atoms with E-state index >= 15 is 0 Å². The molecule has 0 radical (unpaired) electrons. The zero-order valence-corrected chi connectivity index (χ0v) is 17.0. The van der Waals surface area contributed by atoms with E-state index in [1.165, 1.54) is 0 Å². The smallest absolute Gasteiger partial charge is 0.308 e. The molecule has 10 heteroatoms. The molecule has 0 unspecified atom stereocenters. The number of aldehydes is 2. The lowest BCUT2D eigenvalue weighted by atomic mass is 10.2. The first-order valence-corrected chi connectivity index (χ1v) is 9.77. The van der Waals surface area contributed by atoms with Crippen molar-refractivity contribution in [2.45, 2.75) is 19.3 Å². The molecule has 0 saturated carbocycles. The first-order valence-electron chi connectivity index (χ1n) is 9.77. The van der Waals surface area contributed by atoms with E-state index in [-0.39, 0.29) is 51.3 Å². The Hall–Kier alpha value is -1.43. The minimum absolute atomic E-state index is 0.0270. The molecule has 0 amide bonds. The molecular weight excluding hydrogens is 388 g/mol. The highest BCUT2D eigenvalue weighted by atomic mass is 16.6. The van der Waals surface area contributed by atoms with E-state index in [1.54, 1.807) is 0 Å². The molecule has 1 N–H and O–H groups in total. The van der Waals surface area contributed by atoms with Crippen LogP contribution in [0.15, 0.2) is 0 Å². The molecule has 170 valence electrons. The third-order valence-corrected chi connectivity index (χ3v) is 3.37. The Morgan fingerprint density at radius 3 is 1.76 bits per heavy atom. The topological polar surface area (TPSA) is 127 Å². The maximum atomic E-state index is 11.6. The number of aliphatic hydroxyl groups is 1. The van der Waals surface area contributed by atoms with E-state index in [9.17, 15) is 14.4 Å². The van der Waals surface area contributed by atoms with Gasteiger partial charge in [0.05, 0.1) is 79.1 Å². The first kappa shape index (κ1) is 27.6. The fourth-order valence-corrected chi connectivity index (χ4v) is 1.99. The highest BCUT2D eigenvalue weighted by molar-refractivity contribution is 5.69. The normalized spacial score (nSPS) is 11.0. The highest BCUT2D eigenvalue weighted by Gasteiger charge is 2.11. The summed E-state index contributed by atoms with van der Waals surface area (Å²) in [6.45, 7) is 3.32. The standard InChI is InChI=1S/C19H34O10/c20-4-1-7-26-15-18(16-27-8-2-5-21)17-28-9-3-19(23)29-14-13-25-12-11-24-10-6-22/h4-5,18,22H,1-3,6-17H2. The van der Waals surface area contributed by atoms with Crippen molar-refractivity contribution in [3.63, 3.8) is 0 Å². The fourth-order valence-electron chi connectivity index (χ4n) is 1.99. The van der Waals surface area contributed by atoms with Crippen LogP contribution < -0.4 is 0 Å². The van der Waals surface area contributed by atoms with Crippen LogP contribution in [0.5, 0.6) is 0 Å². The Morgan fingerprint density at radius 2 is 1.21 bits per heavy atom. The second-order valence-electron chi connectivity index (χ2n) is 5.92. The fraction of sp³-hybridized carbons (Fsp3) is 0.842. The Kier molecular flexibility index (Phi) is 21.7. The average Bonchev–Trinajstić information content (AvgIpc) is 2.73. The monoisotopic (exact) mass is 422 g/mol. The van der Waals surface area contributed by atoms with E-state index < -0.39 is 0 Å². The minimum Gasteiger partial charge on any atom is -0.463 e. The number of carbonyl (C=O) groups is 3. The van der Waals surface area contributed by atoms with Crippen molar-refractivity contribution in [2.24, 2.45) is 5.92 Å². The van der Waals surface area contributed by atoms with Crippen molar-refractivity contribution in [1.29, 1.82) is 0 Å². The van der Waals surface area contributed by atoms with Crippen molar-refractivity contribution < 1.29 is 47.9 Å². The summed E-state index contributed by atoms with van der Waals surface area (Å²) in [5.41, 5.74) is 0. The molecule has 0 aromatic heterocycles. The number of carbonyl (C=O) groups excluding carboxylic acids is 3. The Bertz CT molecular complexity index is 375. The maximum Gasteiger partial charge on any atom is 0.308 e. The van der Waals surface area contributed by atoms with Crippen LogP contribution >= 0.6 is 0 Å². The Balaban J connectivity index is 3.73. The lowest BCUT2D eigenvalue weighted by Crippen LogP contribution is -2.23. The third-order valence-electron chi connectivity index (χ3n) is 3.37. The molecule has 0 bridgehead atoms. The first-order chi connectivity index (χ1) is 14.2. The van der Waals surface area contributed by atoms with E-state index in [1.807, 2.05) is 0 Å². The molecule has 0 aliphatic carbocycles. The lowest BCUT2D eigenvalue weighted by molar-refractivity contribution is -0.146. The summed E-state index contributed by atoms with van der Waals surface area (Å²) in [4.78, 5) is 32.2. The van der Waals surface area contributed by atoms with Crippen LogP contribution in [-0.2, 0) is 42.8 Å². The zero-order chi connectivity index (χ0) is 21.4. The minimum atomic E-state index is -0.383. The van der Waals surface area contributed by atoms with E-state index in [4.69, 9.17) is 33.5 Å². The number of aliphatic hydroxyl groups excluding tert-OH is 1. The quantitative estimate of drug-likeness (QED) is 0.134. The molecule has 0 heterocycles. The second-order valence-corrected chi connectivity index (χ2v) is 5.92. The van der Waals surface area contributed by atoms with Gasteiger partial charge in [0, 0.05) is 18.8 Å². The van der Waals surface area contributed by atoms with Crippen LogP contribution in [0.3, 0.4) is 0 Å². The van der Waals surface area contributed by atoms with Gasteiger partial charge < -0.3 is 43.1 Å². The summed E-state index contributed by atoms with van der Waals surface area (Å²) in [7, 11) is 0. The highest BCUT2D eigenvalue weighted by Crippen LogP contribution is 2.02. The number of hydrogen-bond acceptors (Lipinski definition) is 10. The molecule has 29 heavy (non-hydrogen) atoms. The molecule has 0 fully saturated rings. The molecule has 0 aromatic carbocycles. The van der Waals surface area contributed by atoms with Gasteiger partial charge in [0.25, 0.3) is 0 Å². The van der Waals surface area contributed by atoms with Crippen LogP contribution in [0, 0.1) is 5.92 Å². The van der Waals surface area contributed by atoms with Crippen molar-refractivity contribution in [2.75, 3.05) is 79.3 Å². The van der Waals surface area contributed by atoms with Crippen LogP contribution in [0.4, 0.5) is 0 Å². The van der Waals surface area contributed by atoms with Gasteiger partial charge in [-0.2, -0.15) is 0 Å².